The van der Waals surface area contributed by atoms with Crippen LogP contribution >= 0.6 is 22.9 Å². The number of amides is 1. The van der Waals surface area contributed by atoms with E-state index in [1.807, 2.05) is 18.2 Å². The fourth-order valence-corrected chi connectivity index (χ4v) is 5.38. The zero-order valence-corrected chi connectivity index (χ0v) is 17.2. The highest BCUT2D eigenvalue weighted by atomic mass is 32.2. The van der Waals surface area contributed by atoms with Gasteiger partial charge in [0.1, 0.15) is 0 Å². The van der Waals surface area contributed by atoms with E-state index in [0.29, 0.717) is 20.7 Å². The van der Waals surface area contributed by atoms with Gasteiger partial charge in [-0.15, -0.1) is 0 Å². The Morgan fingerprint density at radius 3 is 2.71 bits per heavy atom. The summed E-state index contributed by atoms with van der Waals surface area (Å²) >= 11 is 2.55. The van der Waals surface area contributed by atoms with Gasteiger partial charge < -0.3 is 5.32 Å². The lowest BCUT2D eigenvalue weighted by Crippen LogP contribution is -2.18. The standard InChI is InChI=1S/C18H15N3O4S3/c1-28(24,25)11-6-7-13-15(10-11)26-18(19-13)20-16(22)8-9-21-17(23)12-4-2-3-5-14(12)27-21/h2-7,10H,8-9H2,1H3,(H,19,20,22). The molecule has 1 amide bonds. The summed E-state index contributed by atoms with van der Waals surface area (Å²) in [5, 5.41) is 3.77. The summed E-state index contributed by atoms with van der Waals surface area (Å²) in [6, 6.07) is 12.0. The van der Waals surface area contributed by atoms with E-state index in [1.54, 1.807) is 22.2 Å². The Hall–Kier alpha value is -2.56. The number of nitrogens with one attached hydrogen (secondary N) is 1. The second-order valence-electron chi connectivity index (χ2n) is 6.21. The van der Waals surface area contributed by atoms with Gasteiger partial charge in [-0.25, -0.2) is 13.4 Å². The Balaban J connectivity index is 1.47. The number of fused-ring (bicyclic) bond motifs is 2. The summed E-state index contributed by atoms with van der Waals surface area (Å²) in [7, 11) is -3.30. The third kappa shape index (κ3) is 3.71. The molecule has 0 aliphatic rings. The van der Waals surface area contributed by atoms with Crippen molar-refractivity contribution in [2.24, 2.45) is 0 Å². The van der Waals surface area contributed by atoms with E-state index in [2.05, 4.69) is 10.3 Å². The highest BCUT2D eigenvalue weighted by Gasteiger charge is 2.13. The molecule has 2 aromatic carbocycles. The van der Waals surface area contributed by atoms with Crippen LogP contribution in [0.4, 0.5) is 5.13 Å². The second-order valence-corrected chi connectivity index (χ2v) is 10.3. The smallest absolute Gasteiger partial charge is 0.268 e. The van der Waals surface area contributed by atoms with Gasteiger partial charge in [-0.2, -0.15) is 0 Å². The van der Waals surface area contributed by atoms with Crippen molar-refractivity contribution in [1.29, 1.82) is 0 Å². The summed E-state index contributed by atoms with van der Waals surface area (Å²) in [6.45, 7) is 0.285. The Bertz CT molecular complexity index is 1370. The predicted molar refractivity (Wildman–Crippen MR) is 112 cm³/mol. The average Bonchev–Trinajstić information content (AvgIpc) is 3.19. The van der Waals surface area contributed by atoms with Crippen LogP contribution in [0.1, 0.15) is 6.42 Å². The van der Waals surface area contributed by atoms with E-state index in [4.69, 9.17) is 0 Å². The number of aryl methyl sites for hydroxylation is 1. The third-order valence-electron chi connectivity index (χ3n) is 4.13. The third-order valence-corrected chi connectivity index (χ3v) is 7.29. The number of aromatic nitrogens is 2. The first kappa shape index (κ1) is 18.8. The molecule has 144 valence electrons. The molecular weight excluding hydrogens is 418 g/mol. The summed E-state index contributed by atoms with van der Waals surface area (Å²) in [4.78, 5) is 29.1. The lowest BCUT2D eigenvalue weighted by atomic mass is 10.3. The number of thiazole rings is 1. The highest BCUT2D eigenvalue weighted by molar-refractivity contribution is 7.90. The van der Waals surface area contributed by atoms with Crippen molar-refractivity contribution in [2.75, 3.05) is 11.6 Å². The zero-order chi connectivity index (χ0) is 19.9. The van der Waals surface area contributed by atoms with Crippen LogP contribution in [0.25, 0.3) is 20.3 Å². The molecule has 2 aromatic heterocycles. The summed E-state index contributed by atoms with van der Waals surface area (Å²) < 4.78 is 26.5. The van der Waals surface area contributed by atoms with Crippen LogP contribution < -0.4 is 10.9 Å². The molecule has 28 heavy (non-hydrogen) atoms. The minimum Gasteiger partial charge on any atom is -0.302 e. The first-order chi connectivity index (χ1) is 13.3. The fraction of sp³-hybridized carbons (Fsp3) is 0.167. The molecule has 2 heterocycles. The van der Waals surface area contributed by atoms with Crippen molar-refractivity contribution in [3.63, 3.8) is 0 Å². The molecule has 0 atom stereocenters. The molecule has 0 aliphatic heterocycles. The second kappa shape index (κ2) is 7.12. The Labute approximate surface area is 168 Å². The maximum Gasteiger partial charge on any atom is 0.268 e. The fourth-order valence-electron chi connectivity index (χ4n) is 2.74. The molecule has 10 heteroatoms. The number of hydrogen-bond acceptors (Lipinski definition) is 7. The van der Waals surface area contributed by atoms with Crippen LogP contribution in [0.2, 0.25) is 0 Å². The average molecular weight is 434 g/mol. The minimum atomic E-state index is -3.30. The van der Waals surface area contributed by atoms with Crippen LogP contribution in [0.3, 0.4) is 0 Å². The van der Waals surface area contributed by atoms with Gasteiger partial charge in [0.15, 0.2) is 15.0 Å². The predicted octanol–water partition coefficient (Wildman–Crippen LogP) is 3.11. The number of rotatable bonds is 5. The number of anilines is 1. The van der Waals surface area contributed by atoms with E-state index in [-0.39, 0.29) is 29.3 Å². The molecule has 0 spiro atoms. The maximum atomic E-state index is 12.3. The number of nitrogens with zero attached hydrogens (tertiary/aromatic N) is 2. The maximum absolute atomic E-state index is 12.3. The molecule has 0 fully saturated rings. The van der Waals surface area contributed by atoms with Crippen molar-refractivity contribution in [1.82, 2.24) is 8.94 Å². The van der Waals surface area contributed by atoms with E-state index in [1.165, 1.54) is 28.9 Å². The number of carbonyl (C=O) groups excluding carboxylic acids is 1. The monoisotopic (exact) mass is 433 g/mol. The van der Waals surface area contributed by atoms with E-state index in [0.717, 1.165) is 11.0 Å². The molecule has 0 radical (unpaired) electrons. The normalized spacial score (nSPS) is 11.9. The molecule has 4 rings (SSSR count). The van der Waals surface area contributed by atoms with Crippen LogP contribution in [-0.2, 0) is 21.2 Å². The van der Waals surface area contributed by atoms with Gasteiger partial charge in [0.2, 0.25) is 5.91 Å². The summed E-state index contributed by atoms with van der Waals surface area (Å²) in [5.41, 5.74) is 0.523. The topological polar surface area (TPSA) is 98.1 Å². The first-order valence-electron chi connectivity index (χ1n) is 8.30. The Morgan fingerprint density at radius 2 is 1.96 bits per heavy atom. The van der Waals surface area contributed by atoms with Gasteiger partial charge >= 0.3 is 0 Å². The quantitative estimate of drug-likeness (QED) is 0.521. The number of sulfone groups is 1. The van der Waals surface area contributed by atoms with E-state index < -0.39 is 9.84 Å². The van der Waals surface area contributed by atoms with Crippen LogP contribution in [0, 0.1) is 0 Å². The molecule has 0 saturated carbocycles. The van der Waals surface area contributed by atoms with Gasteiger partial charge in [-0.3, -0.25) is 13.5 Å². The van der Waals surface area contributed by atoms with Crippen LogP contribution in [0.5, 0.6) is 0 Å². The van der Waals surface area contributed by atoms with Crippen LogP contribution in [0.15, 0.2) is 52.2 Å². The zero-order valence-electron chi connectivity index (χ0n) is 14.7. The van der Waals surface area contributed by atoms with Crippen molar-refractivity contribution >= 4 is 64.0 Å². The molecule has 1 N–H and O–H groups in total. The molecule has 0 aliphatic carbocycles. The molecule has 0 bridgehead atoms. The van der Waals surface area contributed by atoms with Crippen molar-refractivity contribution in [2.45, 2.75) is 17.9 Å². The molecule has 0 unspecified atom stereocenters. The Kier molecular flexibility index (Phi) is 4.77. The largest absolute Gasteiger partial charge is 0.302 e. The number of hydrogen-bond donors (Lipinski definition) is 1. The van der Waals surface area contributed by atoms with Crippen molar-refractivity contribution in [3.8, 4) is 0 Å². The molecule has 0 saturated heterocycles. The Morgan fingerprint density at radius 1 is 1.18 bits per heavy atom. The van der Waals surface area contributed by atoms with Gasteiger partial charge in [0.25, 0.3) is 5.56 Å². The molecule has 4 aromatic rings. The van der Waals surface area contributed by atoms with Gasteiger partial charge in [-0.05, 0) is 30.3 Å². The van der Waals surface area contributed by atoms with Crippen molar-refractivity contribution in [3.05, 3.63) is 52.8 Å². The number of benzene rings is 2. The minimum absolute atomic E-state index is 0.0957. The van der Waals surface area contributed by atoms with Gasteiger partial charge in [-0.1, -0.05) is 35.0 Å². The lowest BCUT2D eigenvalue weighted by Gasteiger charge is -2.01. The molecule has 7 nitrogen and oxygen atoms in total. The SMILES string of the molecule is CS(=O)(=O)c1ccc2nc(NC(=O)CCn3sc4ccccc4c3=O)sc2c1. The van der Waals surface area contributed by atoms with Crippen LogP contribution in [-0.4, -0.2) is 29.5 Å². The van der Waals surface area contributed by atoms with E-state index in [9.17, 15) is 18.0 Å². The van der Waals surface area contributed by atoms with Gasteiger partial charge in [0.05, 0.1) is 25.2 Å². The first-order valence-corrected chi connectivity index (χ1v) is 11.8. The lowest BCUT2D eigenvalue weighted by molar-refractivity contribution is -0.116. The highest BCUT2D eigenvalue weighted by Crippen LogP contribution is 2.28. The summed E-state index contributed by atoms with van der Waals surface area (Å²) in [5.74, 6) is -0.258. The van der Waals surface area contributed by atoms with Gasteiger partial charge in [0, 0.05) is 19.2 Å². The summed E-state index contributed by atoms with van der Waals surface area (Å²) in [6.07, 6.45) is 1.28. The van der Waals surface area contributed by atoms with Crippen molar-refractivity contribution < 1.29 is 13.2 Å². The van der Waals surface area contributed by atoms with E-state index >= 15 is 0 Å². The molecular formula is C18H15N3O4S3. The number of carbonyl (C=O) groups is 1.